The number of fused-ring (bicyclic) bond motifs is 1. The Morgan fingerprint density at radius 2 is 2.12 bits per heavy atom. The van der Waals surface area contributed by atoms with Crippen molar-refractivity contribution in [3.63, 3.8) is 0 Å². The number of urea groups is 1. The van der Waals surface area contributed by atoms with Crippen LogP contribution in [0.25, 0.3) is 0 Å². The van der Waals surface area contributed by atoms with Crippen LogP contribution in [0.4, 0.5) is 10.5 Å². The van der Waals surface area contributed by atoms with Gasteiger partial charge in [0.25, 0.3) is 5.91 Å². The Morgan fingerprint density at radius 3 is 2.81 bits per heavy atom. The average Bonchev–Trinajstić information content (AvgIpc) is 2.50. The molecule has 3 N–H and O–H groups in total. The van der Waals surface area contributed by atoms with Crippen molar-refractivity contribution in [1.82, 2.24) is 5.43 Å². The van der Waals surface area contributed by atoms with Crippen LogP contribution in [0.1, 0.15) is 5.56 Å². The molecule has 0 radical (unpaired) electrons. The van der Waals surface area contributed by atoms with Crippen LogP contribution in [0.2, 0.25) is 0 Å². The van der Waals surface area contributed by atoms with Gasteiger partial charge in [0.1, 0.15) is 0 Å². The average molecular weight is 218 g/mol. The SMILES string of the molecule is CN1C(=O)C(=NNC(N)=O)c2ccccc21. The van der Waals surface area contributed by atoms with Crippen molar-refractivity contribution in [3.8, 4) is 0 Å². The van der Waals surface area contributed by atoms with Gasteiger partial charge in [-0.1, -0.05) is 18.2 Å². The van der Waals surface area contributed by atoms with Gasteiger partial charge < -0.3 is 10.6 Å². The number of nitrogens with one attached hydrogen (secondary N) is 1. The van der Waals surface area contributed by atoms with Crippen LogP contribution in [0, 0.1) is 0 Å². The monoisotopic (exact) mass is 218 g/mol. The molecule has 1 aromatic rings. The molecule has 2 rings (SSSR count). The maximum atomic E-state index is 11.8. The van der Waals surface area contributed by atoms with Crippen LogP contribution >= 0.6 is 0 Å². The van der Waals surface area contributed by atoms with Crippen LogP contribution < -0.4 is 16.1 Å². The number of carbonyl (C=O) groups excluding carboxylic acids is 2. The van der Waals surface area contributed by atoms with Gasteiger partial charge in [0.05, 0.1) is 5.69 Å². The third-order valence-corrected chi connectivity index (χ3v) is 2.31. The van der Waals surface area contributed by atoms with Gasteiger partial charge in [-0.2, -0.15) is 5.10 Å². The van der Waals surface area contributed by atoms with E-state index in [1.54, 1.807) is 25.2 Å². The van der Waals surface area contributed by atoms with E-state index in [0.717, 1.165) is 5.69 Å². The van der Waals surface area contributed by atoms with Crippen LogP contribution in [0.15, 0.2) is 29.4 Å². The minimum Gasteiger partial charge on any atom is -0.350 e. The Bertz CT molecular complexity index is 495. The zero-order chi connectivity index (χ0) is 11.7. The fourth-order valence-electron chi connectivity index (χ4n) is 1.57. The van der Waals surface area contributed by atoms with Crippen molar-refractivity contribution in [2.24, 2.45) is 10.8 Å². The highest BCUT2D eigenvalue weighted by Crippen LogP contribution is 2.27. The number of nitrogens with two attached hydrogens (primary N) is 1. The molecular formula is C10H10N4O2. The molecule has 16 heavy (non-hydrogen) atoms. The largest absolute Gasteiger partial charge is 0.350 e. The molecule has 0 bridgehead atoms. The van der Waals surface area contributed by atoms with E-state index in [1.807, 2.05) is 6.07 Å². The van der Waals surface area contributed by atoms with Crippen molar-refractivity contribution in [3.05, 3.63) is 29.8 Å². The maximum Gasteiger partial charge on any atom is 0.332 e. The maximum absolute atomic E-state index is 11.8. The second kappa shape index (κ2) is 3.65. The molecule has 0 aliphatic carbocycles. The second-order valence-electron chi connectivity index (χ2n) is 3.32. The van der Waals surface area contributed by atoms with E-state index < -0.39 is 6.03 Å². The summed E-state index contributed by atoms with van der Waals surface area (Å²) in [5.74, 6) is -0.269. The summed E-state index contributed by atoms with van der Waals surface area (Å²) in [6.45, 7) is 0. The minimum atomic E-state index is -0.799. The molecule has 0 atom stereocenters. The molecule has 0 saturated carbocycles. The van der Waals surface area contributed by atoms with E-state index in [4.69, 9.17) is 5.73 Å². The van der Waals surface area contributed by atoms with Gasteiger partial charge in [0.2, 0.25) is 0 Å². The third kappa shape index (κ3) is 1.50. The summed E-state index contributed by atoms with van der Waals surface area (Å²) in [5.41, 5.74) is 8.58. The number of benzene rings is 1. The highest BCUT2D eigenvalue weighted by molar-refractivity contribution is 6.54. The Morgan fingerprint density at radius 1 is 1.44 bits per heavy atom. The Balaban J connectivity index is 2.45. The smallest absolute Gasteiger partial charge is 0.332 e. The lowest BCUT2D eigenvalue weighted by Crippen LogP contribution is -2.30. The highest BCUT2D eigenvalue weighted by Gasteiger charge is 2.31. The van der Waals surface area contributed by atoms with Crippen LogP contribution in [0.3, 0.4) is 0 Å². The fourth-order valence-corrected chi connectivity index (χ4v) is 1.57. The summed E-state index contributed by atoms with van der Waals surface area (Å²) in [4.78, 5) is 23.8. The summed E-state index contributed by atoms with van der Waals surface area (Å²) in [6, 6.07) is 6.39. The first-order valence-corrected chi connectivity index (χ1v) is 4.62. The molecular weight excluding hydrogens is 208 g/mol. The third-order valence-electron chi connectivity index (χ3n) is 2.31. The molecule has 82 valence electrons. The van der Waals surface area contributed by atoms with E-state index >= 15 is 0 Å². The summed E-state index contributed by atoms with van der Waals surface area (Å²) in [5, 5.41) is 3.70. The summed E-state index contributed by atoms with van der Waals surface area (Å²) >= 11 is 0. The summed E-state index contributed by atoms with van der Waals surface area (Å²) in [6.07, 6.45) is 0. The molecule has 6 nitrogen and oxygen atoms in total. The van der Waals surface area contributed by atoms with Crippen LogP contribution in [-0.4, -0.2) is 24.7 Å². The lowest BCUT2D eigenvalue weighted by atomic mass is 10.1. The first-order valence-electron chi connectivity index (χ1n) is 4.62. The van der Waals surface area contributed by atoms with Gasteiger partial charge in [0.15, 0.2) is 5.71 Å². The molecule has 1 aliphatic rings. The molecule has 1 aliphatic heterocycles. The number of carbonyl (C=O) groups is 2. The molecule has 0 unspecified atom stereocenters. The zero-order valence-electron chi connectivity index (χ0n) is 8.60. The summed E-state index contributed by atoms with van der Waals surface area (Å²) < 4.78 is 0. The Hall–Kier alpha value is -2.37. The minimum absolute atomic E-state index is 0.192. The van der Waals surface area contributed by atoms with Gasteiger partial charge >= 0.3 is 6.03 Å². The molecule has 0 aromatic heterocycles. The molecule has 6 heteroatoms. The number of likely N-dealkylation sites (N-methyl/N-ethyl adjacent to an activating group) is 1. The molecule has 3 amide bonds. The van der Waals surface area contributed by atoms with E-state index in [1.165, 1.54) is 4.90 Å². The number of para-hydroxylation sites is 1. The quantitative estimate of drug-likeness (QED) is 0.651. The van der Waals surface area contributed by atoms with Crippen molar-refractivity contribution >= 4 is 23.3 Å². The number of rotatable bonds is 1. The van der Waals surface area contributed by atoms with E-state index in [2.05, 4.69) is 10.5 Å². The van der Waals surface area contributed by atoms with Gasteiger partial charge in [-0.15, -0.1) is 0 Å². The number of nitrogens with zero attached hydrogens (tertiary/aromatic N) is 2. The second-order valence-corrected chi connectivity index (χ2v) is 3.32. The Kier molecular flexibility index (Phi) is 2.32. The van der Waals surface area contributed by atoms with Gasteiger partial charge in [-0.05, 0) is 6.07 Å². The number of anilines is 1. The van der Waals surface area contributed by atoms with E-state index in [0.29, 0.717) is 5.56 Å². The topological polar surface area (TPSA) is 87.8 Å². The predicted octanol–water partition coefficient (Wildman–Crippen LogP) is 0.0354. The zero-order valence-corrected chi connectivity index (χ0v) is 8.60. The van der Waals surface area contributed by atoms with E-state index in [-0.39, 0.29) is 11.6 Å². The van der Waals surface area contributed by atoms with Gasteiger partial charge in [-0.25, -0.2) is 10.2 Å². The lowest BCUT2D eigenvalue weighted by molar-refractivity contribution is -0.111. The van der Waals surface area contributed by atoms with Crippen molar-refractivity contribution < 1.29 is 9.59 Å². The first-order chi connectivity index (χ1) is 7.61. The van der Waals surface area contributed by atoms with Crippen molar-refractivity contribution in [2.45, 2.75) is 0 Å². The number of hydrogen-bond acceptors (Lipinski definition) is 3. The van der Waals surface area contributed by atoms with Crippen LogP contribution in [-0.2, 0) is 4.79 Å². The van der Waals surface area contributed by atoms with Gasteiger partial charge in [0, 0.05) is 12.6 Å². The number of primary amides is 1. The summed E-state index contributed by atoms with van der Waals surface area (Å²) in [7, 11) is 1.65. The molecule has 0 fully saturated rings. The van der Waals surface area contributed by atoms with Crippen LogP contribution in [0.5, 0.6) is 0 Å². The van der Waals surface area contributed by atoms with Crippen molar-refractivity contribution in [1.29, 1.82) is 0 Å². The number of hydrazone groups is 1. The fraction of sp³-hybridized carbons (Fsp3) is 0.100. The lowest BCUT2D eigenvalue weighted by Gasteiger charge is -2.07. The first kappa shape index (κ1) is 10.2. The normalized spacial score (nSPS) is 16.4. The molecule has 0 saturated heterocycles. The standard InChI is InChI=1S/C10H10N4O2/c1-14-7-5-3-2-4-6(7)8(9(14)15)12-13-10(11)16/h2-5H,1H3,(H3,11,13,16). The number of hydrogen-bond donors (Lipinski definition) is 2. The molecule has 0 spiro atoms. The van der Waals surface area contributed by atoms with E-state index in [9.17, 15) is 9.59 Å². The van der Waals surface area contributed by atoms with Crippen molar-refractivity contribution in [2.75, 3.05) is 11.9 Å². The Labute approximate surface area is 91.7 Å². The van der Waals surface area contributed by atoms with Gasteiger partial charge in [-0.3, -0.25) is 4.79 Å². The predicted molar refractivity (Wildman–Crippen MR) is 59.1 cm³/mol. The highest BCUT2D eigenvalue weighted by atomic mass is 16.2. The number of amides is 3. The molecule has 1 aromatic carbocycles. The molecule has 1 heterocycles.